The van der Waals surface area contributed by atoms with E-state index in [1.165, 1.54) is 17.0 Å². The lowest BCUT2D eigenvalue weighted by Crippen LogP contribution is -2.36. The smallest absolute Gasteiger partial charge is 0.323 e. The van der Waals surface area contributed by atoms with E-state index in [2.05, 4.69) is 10.1 Å². The van der Waals surface area contributed by atoms with Gasteiger partial charge >= 0.3 is 5.97 Å². The number of benzene rings is 1. The van der Waals surface area contributed by atoms with E-state index in [4.69, 9.17) is 9.63 Å². The lowest BCUT2D eigenvalue weighted by molar-refractivity contribution is -0.144. The van der Waals surface area contributed by atoms with Crippen molar-refractivity contribution in [2.45, 2.75) is 32.6 Å². The van der Waals surface area contributed by atoms with Crippen molar-refractivity contribution in [3.8, 4) is 11.4 Å². The average Bonchev–Trinajstić information content (AvgIpc) is 3.03. The highest BCUT2D eigenvalue weighted by molar-refractivity contribution is 5.81. The zero-order valence-corrected chi connectivity index (χ0v) is 13.9. The highest BCUT2D eigenvalue weighted by Crippen LogP contribution is 2.17. The van der Waals surface area contributed by atoms with Crippen LogP contribution in [0.5, 0.6) is 0 Å². The van der Waals surface area contributed by atoms with Crippen molar-refractivity contribution < 1.29 is 23.6 Å². The molecule has 0 radical (unpaired) electrons. The van der Waals surface area contributed by atoms with Crippen molar-refractivity contribution in [3.05, 3.63) is 36.0 Å². The number of hydrogen-bond acceptors (Lipinski definition) is 5. The molecule has 2 aromatic rings. The first kappa shape index (κ1) is 18.6. The van der Waals surface area contributed by atoms with Crippen LogP contribution < -0.4 is 0 Å². The van der Waals surface area contributed by atoms with Crippen LogP contribution in [0.4, 0.5) is 4.39 Å². The second-order valence-corrected chi connectivity index (χ2v) is 5.58. The van der Waals surface area contributed by atoms with Crippen LogP contribution in [0, 0.1) is 5.82 Å². The molecule has 1 aromatic heterocycles. The Morgan fingerprint density at radius 1 is 1.28 bits per heavy atom. The number of aryl methyl sites for hydroxylation is 1. The molecule has 7 nitrogen and oxygen atoms in total. The van der Waals surface area contributed by atoms with E-state index in [9.17, 15) is 14.0 Å². The van der Waals surface area contributed by atoms with Gasteiger partial charge in [0.05, 0.1) is 0 Å². The lowest BCUT2D eigenvalue weighted by atomic mass is 10.2. The Labute approximate surface area is 144 Å². The van der Waals surface area contributed by atoms with Gasteiger partial charge in [-0.25, -0.2) is 4.39 Å². The Hall–Kier alpha value is -2.77. The summed E-state index contributed by atoms with van der Waals surface area (Å²) in [5.41, 5.74) is 0.642. The molecule has 0 unspecified atom stereocenters. The first-order valence-corrected chi connectivity index (χ1v) is 8.07. The summed E-state index contributed by atoms with van der Waals surface area (Å²) in [4.78, 5) is 28.4. The van der Waals surface area contributed by atoms with E-state index in [1.807, 2.05) is 6.92 Å². The molecule has 0 fully saturated rings. The number of carboxylic acid groups (broad SMARTS) is 1. The van der Waals surface area contributed by atoms with Gasteiger partial charge in [0, 0.05) is 24.9 Å². The first-order valence-electron chi connectivity index (χ1n) is 8.07. The third kappa shape index (κ3) is 5.66. The quantitative estimate of drug-likeness (QED) is 0.747. The predicted octanol–water partition coefficient (Wildman–Crippen LogP) is 2.52. The van der Waals surface area contributed by atoms with Crippen molar-refractivity contribution in [2.75, 3.05) is 13.1 Å². The van der Waals surface area contributed by atoms with Crippen LogP contribution in [-0.4, -0.2) is 45.1 Å². The van der Waals surface area contributed by atoms with Crippen molar-refractivity contribution in [1.82, 2.24) is 15.0 Å². The zero-order valence-electron chi connectivity index (χ0n) is 13.9. The van der Waals surface area contributed by atoms with Crippen LogP contribution in [0.1, 0.15) is 32.1 Å². The van der Waals surface area contributed by atoms with Gasteiger partial charge in [-0.1, -0.05) is 12.1 Å². The molecular weight excluding hydrogens is 329 g/mol. The van der Waals surface area contributed by atoms with Crippen LogP contribution in [0.15, 0.2) is 28.8 Å². The number of carbonyl (C=O) groups is 2. The maximum absolute atomic E-state index is 12.9. The second kappa shape index (κ2) is 8.91. The highest BCUT2D eigenvalue weighted by atomic mass is 19.1. The summed E-state index contributed by atoms with van der Waals surface area (Å²) in [6, 6.07) is 5.74. The Bertz CT molecular complexity index is 715. The maximum Gasteiger partial charge on any atom is 0.323 e. The van der Waals surface area contributed by atoms with Crippen LogP contribution in [-0.2, 0) is 16.0 Å². The fraction of sp³-hybridized carbons (Fsp3) is 0.412. The number of carbonyl (C=O) groups excluding carboxylic acids is 1. The molecule has 0 aliphatic rings. The molecule has 1 aromatic carbocycles. The number of amides is 1. The minimum atomic E-state index is -1.03. The molecule has 1 heterocycles. The van der Waals surface area contributed by atoms with Crippen LogP contribution in [0.2, 0.25) is 0 Å². The molecule has 0 bridgehead atoms. The van der Waals surface area contributed by atoms with Gasteiger partial charge in [0.25, 0.3) is 0 Å². The minimum absolute atomic E-state index is 0.206. The molecule has 134 valence electrons. The third-order valence-corrected chi connectivity index (χ3v) is 3.52. The highest BCUT2D eigenvalue weighted by Gasteiger charge is 2.16. The van der Waals surface area contributed by atoms with Gasteiger partial charge in [0.15, 0.2) is 0 Å². The molecule has 0 spiro atoms. The summed E-state index contributed by atoms with van der Waals surface area (Å²) >= 11 is 0. The molecule has 1 amide bonds. The number of halogens is 1. The number of hydrogen-bond donors (Lipinski definition) is 1. The average molecular weight is 349 g/mol. The Kier molecular flexibility index (Phi) is 6.62. The molecule has 8 heteroatoms. The van der Waals surface area contributed by atoms with E-state index >= 15 is 0 Å². The van der Waals surface area contributed by atoms with Gasteiger partial charge < -0.3 is 14.5 Å². The topological polar surface area (TPSA) is 96.5 Å². The molecule has 25 heavy (non-hydrogen) atoms. The SMILES string of the molecule is CCCN(CC(=O)O)C(=O)CCCc1nc(-c2ccc(F)cc2)no1. The first-order chi connectivity index (χ1) is 12.0. The van der Waals surface area contributed by atoms with Crippen molar-refractivity contribution in [1.29, 1.82) is 0 Å². The van der Waals surface area contributed by atoms with Gasteiger partial charge in [0.2, 0.25) is 17.6 Å². The fourth-order valence-electron chi connectivity index (χ4n) is 2.35. The van der Waals surface area contributed by atoms with E-state index < -0.39 is 5.97 Å². The largest absolute Gasteiger partial charge is 0.480 e. The zero-order chi connectivity index (χ0) is 18.2. The van der Waals surface area contributed by atoms with Crippen molar-refractivity contribution >= 4 is 11.9 Å². The summed E-state index contributed by atoms with van der Waals surface area (Å²) in [7, 11) is 0. The monoisotopic (exact) mass is 349 g/mol. The van der Waals surface area contributed by atoms with E-state index in [0.29, 0.717) is 43.1 Å². The number of rotatable bonds is 9. The van der Waals surface area contributed by atoms with Gasteiger partial charge in [-0.05, 0) is 37.1 Å². The fourth-order valence-corrected chi connectivity index (χ4v) is 2.35. The van der Waals surface area contributed by atoms with Gasteiger partial charge in [-0.15, -0.1) is 0 Å². The maximum atomic E-state index is 12.9. The Morgan fingerprint density at radius 3 is 2.64 bits per heavy atom. The van der Waals surface area contributed by atoms with Crippen molar-refractivity contribution in [2.24, 2.45) is 0 Å². The number of aromatic nitrogens is 2. The molecule has 0 aliphatic heterocycles. The lowest BCUT2D eigenvalue weighted by Gasteiger charge is -2.19. The Balaban J connectivity index is 1.86. The molecule has 1 N–H and O–H groups in total. The molecular formula is C17H20FN3O4. The summed E-state index contributed by atoms with van der Waals surface area (Å²) < 4.78 is 18.0. The standard InChI is InChI=1S/C17H20FN3O4/c1-2-10-21(11-16(23)24)15(22)5-3-4-14-19-17(20-25-14)12-6-8-13(18)9-7-12/h6-9H,2-5,10-11H2,1H3,(H,23,24). The van der Waals surface area contributed by atoms with Gasteiger partial charge in [0.1, 0.15) is 12.4 Å². The van der Waals surface area contributed by atoms with Gasteiger partial charge in [-0.2, -0.15) is 4.98 Å². The Morgan fingerprint density at radius 2 is 2.00 bits per heavy atom. The molecule has 2 rings (SSSR count). The van der Waals surface area contributed by atoms with E-state index in [1.54, 1.807) is 12.1 Å². The van der Waals surface area contributed by atoms with E-state index in [-0.39, 0.29) is 24.7 Å². The summed E-state index contributed by atoms with van der Waals surface area (Å²) in [6.07, 6.45) is 1.79. The van der Waals surface area contributed by atoms with Crippen LogP contribution in [0.3, 0.4) is 0 Å². The van der Waals surface area contributed by atoms with Crippen LogP contribution in [0.25, 0.3) is 11.4 Å². The molecule has 0 saturated heterocycles. The third-order valence-electron chi connectivity index (χ3n) is 3.52. The second-order valence-electron chi connectivity index (χ2n) is 5.58. The van der Waals surface area contributed by atoms with E-state index in [0.717, 1.165) is 0 Å². The van der Waals surface area contributed by atoms with Crippen molar-refractivity contribution in [3.63, 3.8) is 0 Å². The summed E-state index contributed by atoms with van der Waals surface area (Å²) in [5.74, 6) is -0.832. The molecule has 0 atom stereocenters. The minimum Gasteiger partial charge on any atom is -0.480 e. The number of aliphatic carboxylic acids is 1. The normalized spacial score (nSPS) is 10.6. The predicted molar refractivity (Wildman–Crippen MR) is 87.1 cm³/mol. The molecule has 0 saturated carbocycles. The number of nitrogens with zero attached hydrogens (tertiary/aromatic N) is 3. The molecule has 0 aliphatic carbocycles. The van der Waals surface area contributed by atoms with Gasteiger partial charge in [-0.3, -0.25) is 9.59 Å². The van der Waals surface area contributed by atoms with Crippen LogP contribution >= 0.6 is 0 Å². The summed E-state index contributed by atoms with van der Waals surface area (Å²) in [5, 5.41) is 12.7. The summed E-state index contributed by atoms with van der Waals surface area (Å²) in [6.45, 7) is 2.01. The number of carboxylic acids is 1.